The summed E-state index contributed by atoms with van der Waals surface area (Å²) in [5.41, 5.74) is 7.63. The number of fused-ring (bicyclic) bond motifs is 1. The lowest BCUT2D eigenvalue weighted by molar-refractivity contribution is -0.117. The molecule has 18 heavy (non-hydrogen) atoms. The Hall–Kier alpha value is -1.59. The molecule has 0 aromatic heterocycles. The lowest BCUT2D eigenvalue weighted by atomic mass is 10.1. The number of anilines is 1. The van der Waals surface area contributed by atoms with Crippen molar-refractivity contribution in [3.63, 3.8) is 0 Å². The Kier molecular flexibility index (Phi) is 4.17. The number of hydrogen-bond donors (Lipinski definition) is 2. The molecule has 1 aliphatic heterocycles. The molecule has 1 amide bonds. The molecule has 5 heteroatoms. The van der Waals surface area contributed by atoms with Crippen molar-refractivity contribution >= 4 is 11.6 Å². The fourth-order valence-electron chi connectivity index (χ4n) is 1.88. The van der Waals surface area contributed by atoms with E-state index in [2.05, 4.69) is 5.32 Å². The van der Waals surface area contributed by atoms with Crippen molar-refractivity contribution in [1.82, 2.24) is 0 Å². The molecule has 0 radical (unpaired) electrons. The third-order valence-corrected chi connectivity index (χ3v) is 2.93. The molecule has 0 fully saturated rings. The highest BCUT2D eigenvalue weighted by Gasteiger charge is 2.16. The third kappa shape index (κ3) is 3.00. The summed E-state index contributed by atoms with van der Waals surface area (Å²) in [4.78, 5) is 11.8. The minimum atomic E-state index is -0.547. The molecule has 1 aromatic carbocycles. The molecule has 98 valence electrons. The summed E-state index contributed by atoms with van der Waals surface area (Å²) in [5, 5.41) is 2.81. The van der Waals surface area contributed by atoms with Crippen LogP contribution in [0.2, 0.25) is 0 Å². The SMILES string of the molecule is COCCC(N)C(=O)Nc1ccc2c(c1)CCO2. The van der Waals surface area contributed by atoms with Crippen LogP contribution < -0.4 is 15.8 Å². The number of carbonyl (C=O) groups is 1. The molecular weight excluding hydrogens is 232 g/mol. The zero-order valence-electron chi connectivity index (χ0n) is 10.4. The second-order valence-corrected chi connectivity index (χ2v) is 4.30. The Morgan fingerprint density at radius 3 is 3.22 bits per heavy atom. The van der Waals surface area contributed by atoms with E-state index in [4.69, 9.17) is 15.2 Å². The van der Waals surface area contributed by atoms with Crippen LogP contribution in [0.3, 0.4) is 0 Å². The predicted molar refractivity (Wildman–Crippen MR) is 68.7 cm³/mol. The summed E-state index contributed by atoms with van der Waals surface area (Å²) < 4.78 is 10.3. The molecule has 0 bridgehead atoms. The first-order chi connectivity index (χ1) is 8.70. The van der Waals surface area contributed by atoms with Gasteiger partial charge in [0.25, 0.3) is 0 Å². The van der Waals surface area contributed by atoms with Gasteiger partial charge in [0.2, 0.25) is 5.91 Å². The van der Waals surface area contributed by atoms with Crippen LogP contribution in [0.15, 0.2) is 18.2 Å². The molecule has 1 heterocycles. The standard InChI is InChI=1S/C13H18N2O3/c1-17-6-5-11(14)13(16)15-10-2-3-12-9(8-10)4-7-18-12/h2-3,8,11H,4-7,14H2,1H3,(H,15,16). The quantitative estimate of drug-likeness (QED) is 0.815. The van der Waals surface area contributed by atoms with E-state index in [1.54, 1.807) is 7.11 Å². The van der Waals surface area contributed by atoms with Gasteiger partial charge in [-0.1, -0.05) is 0 Å². The fraction of sp³-hybridized carbons (Fsp3) is 0.462. The van der Waals surface area contributed by atoms with Crippen LogP contribution in [-0.2, 0) is 16.0 Å². The molecular formula is C13H18N2O3. The van der Waals surface area contributed by atoms with E-state index in [1.165, 1.54) is 0 Å². The molecule has 1 unspecified atom stereocenters. The smallest absolute Gasteiger partial charge is 0.241 e. The van der Waals surface area contributed by atoms with E-state index >= 15 is 0 Å². The van der Waals surface area contributed by atoms with Crippen molar-refractivity contribution in [1.29, 1.82) is 0 Å². The summed E-state index contributed by atoms with van der Waals surface area (Å²) in [6, 6.07) is 5.09. The number of ether oxygens (including phenoxy) is 2. The first-order valence-electron chi connectivity index (χ1n) is 6.02. The molecule has 0 aliphatic carbocycles. The lowest BCUT2D eigenvalue weighted by Gasteiger charge is -2.12. The van der Waals surface area contributed by atoms with Crippen LogP contribution in [0.5, 0.6) is 5.75 Å². The van der Waals surface area contributed by atoms with Gasteiger partial charge in [0.1, 0.15) is 5.75 Å². The molecule has 0 saturated heterocycles. The number of nitrogens with two attached hydrogens (primary N) is 1. The minimum Gasteiger partial charge on any atom is -0.493 e. The van der Waals surface area contributed by atoms with Crippen LogP contribution in [0.25, 0.3) is 0 Å². The number of amides is 1. The van der Waals surface area contributed by atoms with Crippen molar-refractivity contribution in [2.45, 2.75) is 18.9 Å². The van der Waals surface area contributed by atoms with Crippen molar-refractivity contribution < 1.29 is 14.3 Å². The zero-order valence-corrected chi connectivity index (χ0v) is 10.4. The molecule has 0 saturated carbocycles. The molecule has 1 atom stereocenters. The van der Waals surface area contributed by atoms with Gasteiger partial charge < -0.3 is 20.5 Å². The maximum atomic E-state index is 11.8. The average Bonchev–Trinajstić information content (AvgIpc) is 2.83. The maximum Gasteiger partial charge on any atom is 0.241 e. The van der Waals surface area contributed by atoms with E-state index < -0.39 is 6.04 Å². The van der Waals surface area contributed by atoms with Crippen molar-refractivity contribution in [2.24, 2.45) is 5.73 Å². The topological polar surface area (TPSA) is 73.6 Å². The average molecular weight is 250 g/mol. The van der Waals surface area contributed by atoms with Crippen LogP contribution in [0.1, 0.15) is 12.0 Å². The Labute approximate surface area is 106 Å². The monoisotopic (exact) mass is 250 g/mol. The Morgan fingerprint density at radius 1 is 1.61 bits per heavy atom. The molecule has 5 nitrogen and oxygen atoms in total. The Balaban J connectivity index is 1.94. The predicted octanol–water partition coefficient (Wildman–Crippen LogP) is 0.924. The van der Waals surface area contributed by atoms with Crippen LogP contribution >= 0.6 is 0 Å². The van der Waals surface area contributed by atoms with E-state index in [1.807, 2.05) is 18.2 Å². The first-order valence-corrected chi connectivity index (χ1v) is 6.02. The number of benzene rings is 1. The van der Waals surface area contributed by atoms with E-state index in [0.717, 1.165) is 23.4 Å². The number of nitrogens with one attached hydrogen (secondary N) is 1. The van der Waals surface area contributed by atoms with E-state index in [0.29, 0.717) is 19.6 Å². The normalized spacial score (nSPS) is 14.8. The number of carbonyl (C=O) groups excluding carboxylic acids is 1. The highest BCUT2D eigenvalue weighted by Crippen LogP contribution is 2.27. The molecule has 2 rings (SSSR count). The van der Waals surface area contributed by atoms with Gasteiger partial charge in [-0.3, -0.25) is 4.79 Å². The van der Waals surface area contributed by atoms with Gasteiger partial charge in [0.15, 0.2) is 0 Å². The second-order valence-electron chi connectivity index (χ2n) is 4.30. The summed E-state index contributed by atoms with van der Waals surface area (Å²) in [6.45, 7) is 1.19. The van der Waals surface area contributed by atoms with Crippen molar-refractivity contribution in [3.8, 4) is 5.75 Å². The lowest BCUT2D eigenvalue weighted by Crippen LogP contribution is -2.36. The number of methoxy groups -OCH3 is 1. The highest BCUT2D eigenvalue weighted by atomic mass is 16.5. The highest BCUT2D eigenvalue weighted by molar-refractivity contribution is 5.94. The maximum absolute atomic E-state index is 11.8. The largest absolute Gasteiger partial charge is 0.493 e. The van der Waals surface area contributed by atoms with E-state index in [9.17, 15) is 4.79 Å². The van der Waals surface area contributed by atoms with Crippen molar-refractivity contribution in [3.05, 3.63) is 23.8 Å². The summed E-state index contributed by atoms with van der Waals surface area (Å²) in [7, 11) is 1.59. The summed E-state index contributed by atoms with van der Waals surface area (Å²) in [5.74, 6) is 0.711. The van der Waals surface area contributed by atoms with E-state index in [-0.39, 0.29) is 5.91 Å². The number of hydrogen-bond acceptors (Lipinski definition) is 4. The van der Waals surface area contributed by atoms with Gasteiger partial charge >= 0.3 is 0 Å². The van der Waals surface area contributed by atoms with Gasteiger partial charge in [0.05, 0.1) is 12.6 Å². The summed E-state index contributed by atoms with van der Waals surface area (Å²) >= 11 is 0. The molecule has 1 aromatic rings. The Morgan fingerprint density at radius 2 is 2.44 bits per heavy atom. The van der Waals surface area contributed by atoms with Crippen LogP contribution in [0.4, 0.5) is 5.69 Å². The minimum absolute atomic E-state index is 0.189. The van der Waals surface area contributed by atoms with Gasteiger partial charge in [0, 0.05) is 25.8 Å². The van der Waals surface area contributed by atoms with Crippen molar-refractivity contribution in [2.75, 3.05) is 25.6 Å². The zero-order chi connectivity index (χ0) is 13.0. The second kappa shape index (κ2) is 5.84. The summed E-state index contributed by atoms with van der Waals surface area (Å²) in [6.07, 6.45) is 1.39. The van der Waals surface area contributed by atoms with Gasteiger partial charge in [-0.25, -0.2) is 0 Å². The molecule has 1 aliphatic rings. The first kappa shape index (κ1) is 12.9. The third-order valence-electron chi connectivity index (χ3n) is 2.93. The fourth-order valence-corrected chi connectivity index (χ4v) is 1.88. The van der Waals surface area contributed by atoms with Crippen LogP contribution in [-0.4, -0.2) is 32.3 Å². The van der Waals surface area contributed by atoms with Gasteiger partial charge in [-0.15, -0.1) is 0 Å². The Bertz CT molecular complexity index is 434. The number of rotatable bonds is 5. The van der Waals surface area contributed by atoms with Gasteiger partial charge in [-0.05, 0) is 30.2 Å². The molecule has 0 spiro atoms. The van der Waals surface area contributed by atoms with Gasteiger partial charge in [-0.2, -0.15) is 0 Å². The van der Waals surface area contributed by atoms with Crippen LogP contribution in [0, 0.1) is 0 Å². The molecule has 3 N–H and O–H groups in total.